The SMILES string of the molecule is CCc1ccc(C(=O)Nc2sccc2C(=O)NCCN2CCNCC2)cc1.Cl. The number of amides is 2. The molecule has 1 aliphatic heterocycles. The average molecular weight is 423 g/mol. The summed E-state index contributed by atoms with van der Waals surface area (Å²) in [6.07, 6.45) is 0.936. The van der Waals surface area contributed by atoms with E-state index in [1.807, 2.05) is 29.6 Å². The molecule has 8 heteroatoms. The zero-order valence-corrected chi connectivity index (χ0v) is 17.6. The monoisotopic (exact) mass is 422 g/mol. The van der Waals surface area contributed by atoms with Crippen LogP contribution in [0.2, 0.25) is 0 Å². The van der Waals surface area contributed by atoms with E-state index in [1.165, 1.54) is 16.9 Å². The third-order valence-corrected chi connectivity index (χ3v) is 5.51. The molecule has 3 rings (SSSR count). The van der Waals surface area contributed by atoms with Gasteiger partial charge < -0.3 is 16.0 Å². The van der Waals surface area contributed by atoms with Gasteiger partial charge in [0.05, 0.1) is 5.56 Å². The second-order valence-corrected chi connectivity index (χ2v) is 7.43. The van der Waals surface area contributed by atoms with Gasteiger partial charge in [0.15, 0.2) is 0 Å². The van der Waals surface area contributed by atoms with Crippen molar-refractivity contribution in [1.82, 2.24) is 15.5 Å². The molecule has 0 bridgehead atoms. The molecule has 0 spiro atoms. The molecule has 1 saturated heterocycles. The maximum absolute atomic E-state index is 12.5. The predicted octanol–water partition coefficient (Wildman–Crippen LogP) is 2.62. The van der Waals surface area contributed by atoms with Gasteiger partial charge in [-0.15, -0.1) is 23.7 Å². The topological polar surface area (TPSA) is 73.5 Å². The Morgan fingerprint density at radius 1 is 1.11 bits per heavy atom. The molecule has 1 aromatic carbocycles. The largest absolute Gasteiger partial charge is 0.351 e. The lowest BCUT2D eigenvalue weighted by Crippen LogP contribution is -2.46. The van der Waals surface area contributed by atoms with Crippen LogP contribution in [0.1, 0.15) is 33.2 Å². The molecule has 0 saturated carbocycles. The van der Waals surface area contributed by atoms with Gasteiger partial charge >= 0.3 is 0 Å². The molecule has 1 aromatic heterocycles. The Bertz CT molecular complexity index is 773. The van der Waals surface area contributed by atoms with Crippen molar-refractivity contribution in [2.75, 3.05) is 44.6 Å². The predicted molar refractivity (Wildman–Crippen MR) is 117 cm³/mol. The Labute approximate surface area is 176 Å². The zero-order valence-electron chi connectivity index (χ0n) is 16.0. The van der Waals surface area contributed by atoms with Crippen molar-refractivity contribution in [2.45, 2.75) is 13.3 Å². The first-order valence-corrected chi connectivity index (χ1v) is 10.2. The maximum Gasteiger partial charge on any atom is 0.256 e. The first-order valence-electron chi connectivity index (χ1n) is 9.36. The van der Waals surface area contributed by atoms with Gasteiger partial charge in [0.25, 0.3) is 11.8 Å². The van der Waals surface area contributed by atoms with E-state index < -0.39 is 0 Å². The van der Waals surface area contributed by atoms with Crippen LogP contribution < -0.4 is 16.0 Å². The first-order chi connectivity index (χ1) is 13.2. The second-order valence-electron chi connectivity index (χ2n) is 6.52. The number of carbonyl (C=O) groups is 2. The van der Waals surface area contributed by atoms with Crippen LogP contribution in [0.25, 0.3) is 0 Å². The number of carbonyl (C=O) groups excluding carboxylic acids is 2. The molecule has 1 fully saturated rings. The van der Waals surface area contributed by atoms with Gasteiger partial charge in [-0.25, -0.2) is 0 Å². The van der Waals surface area contributed by atoms with Gasteiger partial charge in [-0.1, -0.05) is 19.1 Å². The highest BCUT2D eigenvalue weighted by molar-refractivity contribution is 7.14. The quantitative estimate of drug-likeness (QED) is 0.641. The number of nitrogens with zero attached hydrogens (tertiary/aromatic N) is 1. The van der Waals surface area contributed by atoms with E-state index in [0.29, 0.717) is 22.7 Å². The number of anilines is 1. The number of halogens is 1. The lowest BCUT2D eigenvalue weighted by atomic mass is 10.1. The summed E-state index contributed by atoms with van der Waals surface area (Å²) in [6, 6.07) is 9.28. The van der Waals surface area contributed by atoms with Gasteiger partial charge in [0.1, 0.15) is 5.00 Å². The minimum Gasteiger partial charge on any atom is -0.351 e. The number of nitrogens with one attached hydrogen (secondary N) is 3. The van der Waals surface area contributed by atoms with E-state index in [9.17, 15) is 9.59 Å². The van der Waals surface area contributed by atoms with Crippen LogP contribution in [-0.2, 0) is 6.42 Å². The van der Waals surface area contributed by atoms with E-state index in [4.69, 9.17) is 0 Å². The highest BCUT2D eigenvalue weighted by Gasteiger charge is 2.16. The van der Waals surface area contributed by atoms with Crippen molar-refractivity contribution in [2.24, 2.45) is 0 Å². The van der Waals surface area contributed by atoms with E-state index in [0.717, 1.165) is 39.1 Å². The number of hydrogen-bond acceptors (Lipinski definition) is 5. The van der Waals surface area contributed by atoms with Crippen molar-refractivity contribution >= 4 is 40.6 Å². The van der Waals surface area contributed by atoms with Crippen molar-refractivity contribution < 1.29 is 9.59 Å². The molecule has 0 aliphatic carbocycles. The molecular formula is C20H27ClN4O2S. The summed E-state index contributed by atoms with van der Waals surface area (Å²) >= 11 is 1.36. The highest BCUT2D eigenvalue weighted by Crippen LogP contribution is 2.24. The van der Waals surface area contributed by atoms with E-state index in [-0.39, 0.29) is 24.2 Å². The van der Waals surface area contributed by atoms with Gasteiger partial charge in [0.2, 0.25) is 0 Å². The van der Waals surface area contributed by atoms with Crippen LogP contribution >= 0.6 is 23.7 Å². The molecular weight excluding hydrogens is 396 g/mol. The second kappa shape index (κ2) is 11.2. The van der Waals surface area contributed by atoms with Crippen LogP contribution in [-0.4, -0.2) is 56.0 Å². The van der Waals surface area contributed by atoms with Crippen LogP contribution in [0.4, 0.5) is 5.00 Å². The van der Waals surface area contributed by atoms with E-state index >= 15 is 0 Å². The number of piperazine rings is 1. The number of aryl methyl sites for hydroxylation is 1. The summed E-state index contributed by atoms with van der Waals surface area (Å²) in [5.41, 5.74) is 2.29. The summed E-state index contributed by atoms with van der Waals surface area (Å²) in [4.78, 5) is 27.3. The minimum atomic E-state index is -0.199. The van der Waals surface area contributed by atoms with Crippen LogP contribution in [0, 0.1) is 0 Å². The van der Waals surface area contributed by atoms with Crippen molar-refractivity contribution in [3.63, 3.8) is 0 Å². The van der Waals surface area contributed by atoms with Crippen molar-refractivity contribution in [3.05, 3.63) is 52.4 Å². The smallest absolute Gasteiger partial charge is 0.256 e. The third-order valence-electron chi connectivity index (χ3n) is 4.68. The molecule has 0 radical (unpaired) electrons. The van der Waals surface area contributed by atoms with Gasteiger partial charge in [-0.3, -0.25) is 14.5 Å². The van der Waals surface area contributed by atoms with Gasteiger partial charge in [-0.05, 0) is 35.6 Å². The third kappa shape index (κ3) is 6.04. The van der Waals surface area contributed by atoms with Crippen molar-refractivity contribution in [3.8, 4) is 0 Å². The molecule has 0 atom stereocenters. The van der Waals surface area contributed by atoms with Gasteiger partial charge in [-0.2, -0.15) is 0 Å². The summed E-state index contributed by atoms with van der Waals surface area (Å²) in [7, 11) is 0. The molecule has 6 nitrogen and oxygen atoms in total. The fraction of sp³-hybridized carbons (Fsp3) is 0.400. The molecule has 0 unspecified atom stereocenters. The minimum absolute atomic E-state index is 0. The fourth-order valence-electron chi connectivity index (χ4n) is 3.01. The summed E-state index contributed by atoms with van der Waals surface area (Å²) in [5.74, 6) is -0.349. The zero-order chi connectivity index (χ0) is 19.1. The number of benzene rings is 1. The molecule has 28 heavy (non-hydrogen) atoms. The molecule has 3 N–H and O–H groups in total. The molecule has 2 heterocycles. The van der Waals surface area contributed by atoms with Gasteiger partial charge in [0, 0.05) is 44.8 Å². The molecule has 2 amide bonds. The lowest BCUT2D eigenvalue weighted by Gasteiger charge is -2.27. The van der Waals surface area contributed by atoms with Crippen LogP contribution in [0.15, 0.2) is 35.7 Å². The lowest BCUT2D eigenvalue weighted by molar-refractivity contribution is 0.0948. The maximum atomic E-state index is 12.5. The standard InChI is InChI=1S/C20H26N4O2S.ClH/c1-2-15-3-5-16(6-4-15)18(25)23-20-17(7-14-27-20)19(26)22-10-13-24-11-8-21-9-12-24;/h3-7,14,21H,2,8-13H2,1H3,(H,22,26)(H,23,25);1H. The van der Waals surface area contributed by atoms with Crippen LogP contribution in [0.3, 0.4) is 0 Å². The van der Waals surface area contributed by atoms with Crippen molar-refractivity contribution in [1.29, 1.82) is 0 Å². The Hall–Kier alpha value is -1.93. The average Bonchev–Trinajstić information content (AvgIpc) is 3.17. The Balaban J connectivity index is 0.00000280. The first kappa shape index (κ1) is 22.4. The number of hydrogen-bond donors (Lipinski definition) is 3. The Morgan fingerprint density at radius 3 is 2.50 bits per heavy atom. The van der Waals surface area contributed by atoms with E-state index in [1.54, 1.807) is 6.07 Å². The molecule has 1 aliphatic rings. The van der Waals surface area contributed by atoms with E-state index in [2.05, 4.69) is 27.8 Å². The Kier molecular flexibility index (Phi) is 8.92. The molecule has 152 valence electrons. The fourth-order valence-corrected chi connectivity index (χ4v) is 3.79. The Morgan fingerprint density at radius 2 is 1.82 bits per heavy atom. The highest BCUT2D eigenvalue weighted by atomic mass is 35.5. The summed E-state index contributed by atoms with van der Waals surface area (Å²) < 4.78 is 0. The van der Waals surface area contributed by atoms with Crippen LogP contribution in [0.5, 0.6) is 0 Å². The number of thiophene rings is 1. The molecule has 2 aromatic rings. The normalized spacial score (nSPS) is 14.2. The summed E-state index contributed by atoms with van der Waals surface area (Å²) in [5, 5.41) is 11.5. The number of rotatable bonds is 7. The summed E-state index contributed by atoms with van der Waals surface area (Å²) in [6.45, 7) is 7.51.